The summed E-state index contributed by atoms with van der Waals surface area (Å²) in [5.41, 5.74) is 0.773. The molecule has 1 heterocycles. The molecule has 6 nitrogen and oxygen atoms in total. The van der Waals surface area contributed by atoms with Crippen molar-refractivity contribution in [3.8, 4) is 0 Å². The van der Waals surface area contributed by atoms with Gasteiger partial charge in [0.1, 0.15) is 15.7 Å². The quantitative estimate of drug-likeness (QED) is 0.316. The maximum absolute atomic E-state index is 13.4. The van der Waals surface area contributed by atoms with E-state index >= 15 is 0 Å². The SMILES string of the molecule is CN=C(NCC(C)(C)CCS(C)(=O)=O)NC1CCN(c2cccc(F)c2)CC1.I. The number of halogens is 2. The van der Waals surface area contributed by atoms with Crippen molar-refractivity contribution < 1.29 is 12.8 Å². The van der Waals surface area contributed by atoms with E-state index < -0.39 is 9.84 Å². The van der Waals surface area contributed by atoms with Crippen LogP contribution in [0.3, 0.4) is 0 Å². The molecule has 0 unspecified atom stereocenters. The molecule has 1 saturated heterocycles. The molecule has 1 aliphatic heterocycles. The second kappa shape index (κ2) is 11.3. The van der Waals surface area contributed by atoms with Crippen molar-refractivity contribution in [1.29, 1.82) is 0 Å². The predicted octanol–water partition coefficient (Wildman–Crippen LogP) is 3.04. The Labute approximate surface area is 191 Å². The maximum Gasteiger partial charge on any atom is 0.191 e. The number of guanidine groups is 1. The van der Waals surface area contributed by atoms with E-state index in [0.717, 1.165) is 37.6 Å². The van der Waals surface area contributed by atoms with Crippen LogP contribution in [0.15, 0.2) is 29.3 Å². The van der Waals surface area contributed by atoms with Gasteiger partial charge in [-0.3, -0.25) is 4.99 Å². The molecule has 0 bridgehead atoms. The third-order valence-corrected chi connectivity index (χ3v) is 6.06. The van der Waals surface area contributed by atoms with E-state index in [2.05, 4.69) is 34.4 Å². The number of piperidine rings is 1. The summed E-state index contributed by atoms with van der Waals surface area (Å²) in [4.78, 5) is 6.50. The highest BCUT2D eigenvalue weighted by Gasteiger charge is 2.23. The zero-order valence-corrected chi connectivity index (χ0v) is 20.9. The molecule has 0 spiro atoms. The van der Waals surface area contributed by atoms with Crippen LogP contribution < -0.4 is 15.5 Å². The topological polar surface area (TPSA) is 73.8 Å². The summed E-state index contributed by atoms with van der Waals surface area (Å²) in [5.74, 6) is 0.712. The first-order chi connectivity index (χ1) is 13.1. The molecule has 1 aliphatic rings. The Morgan fingerprint density at radius 2 is 1.97 bits per heavy atom. The van der Waals surface area contributed by atoms with Gasteiger partial charge in [-0.2, -0.15) is 0 Å². The number of benzene rings is 1. The zero-order chi connectivity index (χ0) is 20.8. The summed E-state index contributed by atoms with van der Waals surface area (Å²) in [6.07, 6.45) is 3.75. The molecule has 9 heteroatoms. The van der Waals surface area contributed by atoms with Gasteiger partial charge >= 0.3 is 0 Å². The Kier molecular flexibility index (Phi) is 10.1. The fourth-order valence-electron chi connectivity index (χ4n) is 3.22. The molecule has 2 N–H and O–H groups in total. The smallest absolute Gasteiger partial charge is 0.191 e. The average Bonchev–Trinajstić information content (AvgIpc) is 2.64. The second-order valence-corrected chi connectivity index (χ2v) is 10.6. The van der Waals surface area contributed by atoms with Gasteiger partial charge in [-0.15, -0.1) is 24.0 Å². The van der Waals surface area contributed by atoms with Crippen LogP contribution >= 0.6 is 24.0 Å². The highest BCUT2D eigenvalue weighted by Crippen LogP contribution is 2.21. The third-order valence-electron chi connectivity index (χ3n) is 5.12. The Morgan fingerprint density at radius 3 is 2.52 bits per heavy atom. The van der Waals surface area contributed by atoms with Gasteiger partial charge in [0.15, 0.2) is 5.96 Å². The molecule has 1 fully saturated rings. The average molecular weight is 540 g/mol. The molecule has 0 atom stereocenters. The predicted molar refractivity (Wildman–Crippen MR) is 130 cm³/mol. The van der Waals surface area contributed by atoms with Crippen LogP contribution in [0.25, 0.3) is 0 Å². The van der Waals surface area contributed by atoms with Crippen LogP contribution in [0.1, 0.15) is 33.1 Å². The molecular weight excluding hydrogens is 506 g/mol. The van der Waals surface area contributed by atoms with Gasteiger partial charge in [0.2, 0.25) is 0 Å². The maximum atomic E-state index is 13.4. The minimum Gasteiger partial charge on any atom is -0.371 e. The van der Waals surface area contributed by atoms with E-state index in [4.69, 9.17) is 0 Å². The summed E-state index contributed by atoms with van der Waals surface area (Å²) in [5, 5.41) is 6.78. The summed E-state index contributed by atoms with van der Waals surface area (Å²) < 4.78 is 36.2. The molecular formula is C20H34FIN4O2S. The summed E-state index contributed by atoms with van der Waals surface area (Å²) in [7, 11) is -1.22. The first-order valence-corrected chi connectivity index (χ1v) is 11.8. The molecule has 0 saturated carbocycles. The van der Waals surface area contributed by atoms with Crippen molar-refractivity contribution in [1.82, 2.24) is 10.6 Å². The van der Waals surface area contributed by atoms with Gasteiger partial charge < -0.3 is 15.5 Å². The van der Waals surface area contributed by atoms with Crippen molar-refractivity contribution in [3.05, 3.63) is 30.1 Å². The van der Waals surface area contributed by atoms with Crippen LogP contribution in [-0.4, -0.2) is 59.1 Å². The number of hydrogen-bond donors (Lipinski definition) is 2. The van der Waals surface area contributed by atoms with E-state index in [1.54, 1.807) is 19.2 Å². The molecule has 0 aliphatic carbocycles. The van der Waals surface area contributed by atoms with Crippen molar-refractivity contribution in [3.63, 3.8) is 0 Å². The van der Waals surface area contributed by atoms with Crippen LogP contribution in [0.4, 0.5) is 10.1 Å². The van der Waals surface area contributed by atoms with Gasteiger partial charge in [-0.05, 0) is 42.9 Å². The van der Waals surface area contributed by atoms with Gasteiger partial charge in [0.05, 0.1) is 5.75 Å². The minimum atomic E-state index is -2.96. The van der Waals surface area contributed by atoms with Crippen molar-refractivity contribution >= 4 is 45.5 Å². The highest BCUT2D eigenvalue weighted by molar-refractivity contribution is 14.0. The largest absolute Gasteiger partial charge is 0.371 e. The molecule has 0 amide bonds. The van der Waals surface area contributed by atoms with Crippen molar-refractivity contribution in [2.24, 2.45) is 10.4 Å². The lowest BCUT2D eigenvalue weighted by Gasteiger charge is -2.35. The fourth-order valence-corrected chi connectivity index (χ4v) is 4.14. The molecule has 1 aromatic rings. The number of rotatable bonds is 7. The van der Waals surface area contributed by atoms with E-state index in [1.165, 1.54) is 12.3 Å². The van der Waals surface area contributed by atoms with Gasteiger partial charge in [0.25, 0.3) is 0 Å². The van der Waals surface area contributed by atoms with E-state index in [-0.39, 0.29) is 41.0 Å². The monoisotopic (exact) mass is 540 g/mol. The van der Waals surface area contributed by atoms with Gasteiger partial charge in [-0.1, -0.05) is 19.9 Å². The number of nitrogens with one attached hydrogen (secondary N) is 2. The zero-order valence-electron chi connectivity index (χ0n) is 17.7. The lowest BCUT2D eigenvalue weighted by atomic mass is 9.90. The summed E-state index contributed by atoms with van der Waals surface area (Å²) >= 11 is 0. The van der Waals surface area contributed by atoms with Crippen LogP contribution in [0.2, 0.25) is 0 Å². The minimum absolute atomic E-state index is 0. The molecule has 0 radical (unpaired) electrons. The second-order valence-electron chi connectivity index (χ2n) is 8.36. The summed E-state index contributed by atoms with van der Waals surface area (Å²) in [6, 6.07) is 7.02. The molecule has 166 valence electrons. The van der Waals surface area contributed by atoms with Crippen LogP contribution in [-0.2, 0) is 9.84 Å². The lowest BCUT2D eigenvalue weighted by Crippen LogP contribution is -2.50. The first-order valence-electron chi connectivity index (χ1n) is 9.73. The Balaban J connectivity index is 0.00000420. The normalized spacial score (nSPS) is 16.3. The van der Waals surface area contributed by atoms with Crippen LogP contribution in [0, 0.1) is 11.2 Å². The highest BCUT2D eigenvalue weighted by atomic mass is 127. The molecule has 2 rings (SSSR count). The van der Waals surface area contributed by atoms with E-state index in [1.807, 2.05) is 6.07 Å². The fraction of sp³-hybridized carbons (Fsp3) is 0.650. The number of sulfone groups is 1. The first kappa shape index (κ1) is 25.9. The van der Waals surface area contributed by atoms with Crippen molar-refractivity contribution in [2.45, 2.75) is 39.2 Å². The van der Waals surface area contributed by atoms with Crippen molar-refractivity contribution in [2.75, 3.05) is 43.6 Å². The van der Waals surface area contributed by atoms with Crippen LogP contribution in [0.5, 0.6) is 0 Å². The lowest BCUT2D eigenvalue weighted by molar-refractivity contribution is 0.346. The molecule has 1 aromatic carbocycles. The van der Waals surface area contributed by atoms with E-state index in [0.29, 0.717) is 19.0 Å². The Morgan fingerprint density at radius 1 is 1.31 bits per heavy atom. The van der Waals surface area contributed by atoms with Gasteiger partial charge in [0, 0.05) is 44.7 Å². The number of anilines is 1. The molecule has 0 aromatic heterocycles. The summed E-state index contributed by atoms with van der Waals surface area (Å²) in [6.45, 7) is 6.46. The Bertz CT molecular complexity index is 778. The van der Waals surface area contributed by atoms with Gasteiger partial charge in [-0.25, -0.2) is 12.8 Å². The standard InChI is InChI=1S/C20H33FN4O2S.HI/c1-20(2,10-13-28(4,26)27)15-23-19(22-3)24-17-8-11-25(12-9-17)18-7-5-6-16(21)14-18;/h5-7,14,17H,8-13,15H2,1-4H3,(H2,22,23,24);1H. The Hall–Kier alpha value is -1.10. The van der Waals surface area contributed by atoms with E-state index in [9.17, 15) is 12.8 Å². The number of aliphatic imine (C=N–C) groups is 1. The number of nitrogens with zero attached hydrogens (tertiary/aromatic N) is 2. The third kappa shape index (κ3) is 9.50. The number of hydrogen-bond acceptors (Lipinski definition) is 4. The molecule has 29 heavy (non-hydrogen) atoms.